The quantitative estimate of drug-likeness (QED) is 0.836. The van der Waals surface area contributed by atoms with Gasteiger partial charge in [0.05, 0.1) is 32.3 Å². The van der Waals surface area contributed by atoms with Crippen molar-refractivity contribution in [2.45, 2.75) is 19.4 Å². The molecule has 4 heteroatoms. The molecule has 0 unspecified atom stereocenters. The summed E-state index contributed by atoms with van der Waals surface area (Å²) in [6.07, 6.45) is 0.380. The van der Waals surface area contributed by atoms with Crippen LogP contribution in [0, 0.1) is 6.92 Å². The lowest BCUT2D eigenvalue weighted by atomic mass is 10.2. The molecule has 1 saturated heterocycles. The van der Waals surface area contributed by atoms with E-state index in [1.54, 1.807) is 0 Å². The summed E-state index contributed by atoms with van der Waals surface area (Å²) in [7, 11) is 0. The number of aryl methyl sites for hydroxylation is 1. The summed E-state index contributed by atoms with van der Waals surface area (Å²) in [4.78, 5) is 11.5. The van der Waals surface area contributed by atoms with Crippen LogP contribution in [0.4, 0.5) is 0 Å². The molecule has 1 aliphatic rings. The number of hydrogen-bond donors (Lipinski definition) is 1. The summed E-state index contributed by atoms with van der Waals surface area (Å²) in [6, 6.07) is 7.98. The summed E-state index contributed by atoms with van der Waals surface area (Å²) in [5, 5.41) is 2.87. The highest BCUT2D eigenvalue weighted by Gasteiger charge is 2.19. The van der Waals surface area contributed by atoms with Crippen molar-refractivity contribution in [3.63, 3.8) is 0 Å². The molecule has 1 aliphatic heterocycles. The van der Waals surface area contributed by atoms with Gasteiger partial charge < -0.3 is 14.8 Å². The lowest BCUT2D eigenvalue weighted by molar-refractivity contribution is -0.125. The van der Waals surface area contributed by atoms with Gasteiger partial charge in [0.2, 0.25) is 5.91 Å². The minimum Gasteiger partial charge on any atom is -0.493 e. The fraction of sp³-hybridized carbons (Fsp3) is 0.462. The fourth-order valence-electron chi connectivity index (χ4n) is 1.59. The summed E-state index contributed by atoms with van der Waals surface area (Å²) >= 11 is 0. The molecule has 0 saturated carbocycles. The summed E-state index contributed by atoms with van der Waals surface area (Å²) in [5.74, 6) is 0.860. The van der Waals surface area contributed by atoms with Crippen LogP contribution in [0.1, 0.15) is 12.0 Å². The van der Waals surface area contributed by atoms with E-state index in [0.29, 0.717) is 26.2 Å². The highest BCUT2D eigenvalue weighted by atomic mass is 16.5. The van der Waals surface area contributed by atoms with Crippen molar-refractivity contribution in [1.82, 2.24) is 5.32 Å². The Hall–Kier alpha value is -1.55. The Morgan fingerprint density at radius 2 is 2.24 bits per heavy atom. The molecule has 1 amide bonds. The Kier molecular flexibility index (Phi) is 3.98. The first kappa shape index (κ1) is 11.9. The summed E-state index contributed by atoms with van der Waals surface area (Å²) in [6.45, 7) is 3.65. The standard InChI is InChI=1S/C13H17NO3/c1-10-4-2-3-5-12(10)17-7-6-13(15)14-11-8-16-9-11/h2-5,11H,6-9H2,1H3,(H,14,15). The van der Waals surface area contributed by atoms with Gasteiger partial charge in [-0.25, -0.2) is 0 Å². The molecule has 92 valence electrons. The van der Waals surface area contributed by atoms with Crippen LogP contribution in [-0.4, -0.2) is 31.8 Å². The number of carbonyl (C=O) groups excluding carboxylic acids is 1. The maximum Gasteiger partial charge on any atom is 0.223 e. The number of benzene rings is 1. The summed E-state index contributed by atoms with van der Waals surface area (Å²) < 4.78 is 10.5. The van der Waals surface area contributed by atoms with Crippen molar-refractivity contribution in [3.8, 4) is 5.75 Å². The van der Waals surface area contributed by atoms with Gasteiger partial charge in [-0.3, -0.25) is 4.79 Å². The molecule has 17 heavy (non-hydrogen) atoms. The van der Waals surface area contributed by atoms with Crippen molar-refractivity contribution in [2.24, 2.45) is 0 Å². The van der Waals surface area contributed by atoms with E-state index in [-0.39, 0.29) is 11.9 Å². The van der Waals surface area contributed by atoms with E-state index in [4.69, 9.17) is 9.47 Å². The zero-order chi connectivity index (χ0) is 12.1. The first-order valence-corrected chi connectivity index (χ1v) is 5.81. The molecule has 0 spiro atoms. The Labute approximate surface area is 101 Å². The number of ether oxygens (including phenoxy) is 2. The Balaban J connectivity index is 1.68. The third-order valence-corrected chi connectivity index (χ3v) is 2.68. The van der Waals surface area contributed by atoms with E-state index >= 15 is 0 Å². The summed E-state index contributed by atoms with van der Waals surface area (Å²) in [5.41, 5.74) is 1.08. The fourth-order valence-corrected chi connectivity index (χ4v) is 1.59. The first-order valence-electron chi connectivity index (χ1n) is 5.81. The van der Waals surface area contributed by atoms with Gasteiger partial charge in [-0.15, -0.1) is 0 Å². The maximum absolute atomic E-state index is 11.5. The van der Waals surface area contributed by atoms with Gasteiger partial charge in [0.25, 0.3) is 0 Å². The maximum atomic E-state index is 11.5. The van der Waals surface area contributed by atoms with Crippen molar-refractivity contribution < 1.29 is 14.3 Å². The van der Waals surface area contributed by atoms with E-state index in [0.717, 1.165) is 11.3 Å². The van der Waals surface area contributed by atoms with Crippen LogP contribution in [0.25, 0.3) is 0 Å². The largest absolute Gasteiger partial charge is 0.493 e. The van der Waals surface area contributed by atoms with Gasteiger partial charge in [-0.1, -0.05) is 18.2 Å². The zero-order valence-corrected chi connectivity index (χ0v) is 9.94. The van der Waals surface area contributed by atoms with Crippen molar-refractivity contribution in [2.75, 3.05) is 19.8 Å². The molecule has 1 N–H and O–H groups in total. The van der Waals surface area contributed by atoms with Gasteiger partial charge in [-0.2, -0.15) is 0 Å². The Morgan fingerprint density at radius 1 is 1.47 bits per heavy atom. The van der Waals surface area contributed by atoms with E-state index < -0.39 is 0 Å². The number of carbonyl (C=O) groups is 1. The molecule has 0 aliphatic carbocycles. The second-order valence-electron chi connectivity index (χ2n) is 4.17. The third-order valence-electron chi connectivity index (χ3n) is 2.68. The second kappa shape index (κ2) is 5.68. The minimum absolute atomic E-state index is 0.0203. The topological polar surface area (TPSA) is 47.6 Å². The zero-order valence-electron chi connectivity index (χ0n) is 9.94. The van der Waals surface area contributed by atoms with E-state index in [1.807, 2.05) is 31.2 Å². The molecule has 0 bridgehead atoms. The average molecular weight is 235 g/mol. The van der Waals surface area contributed by atoms with Crippen LogP contribution in [-0.2, 0) is 9.53 Å². The van der Waals surface area contributed by atoms with E-state index in [9.17, 15) is 4.79 Å². The molecular weight excluding hydrogens is 218 g/mol. The Bertz CT molecular complexity index is 388. The van der Waals surface area contributed by atoms with Crippen LogP contribution >= 0.6 is 0 Å². The first-order chi connectivity index (χ1) is 8.25. The molecule has 0 aromatic heterocycles. The molecule has 4 nitrogen and oxygen atoms in total. The van der Waals surface area contributed by atoms with E-state index in [1.165, 1.54) is 0 Å². The van der Waals surface area contributed by atoms with Gasteiger partial charge >= 0.3 is 0 Å². The van der Waals surface area contributed by atoms with Crippen LogP contribution in [0.5, 0.6) is 5.75 Å². The molecular formula is C13H17NO3. The number of para-hydroxylation sites is 1. The van der Waals surface area contributed by atoms with Crippen LogP contribution < -0.4 is 10.1 Å². The van der Waals surface area contributed by atoms with Gasteiger partial charge in [-0.05, 0) is 18.6 Å². The molecule has 0 atom stereocenters. The lowest BCUT2D eigenvalue weighted by Crippen LogP contribution is -2.48. The smallest absolute Gasteiger partial charge is 0.223 e. The number of rotatable bonds is 5. The molecule has 1 heterocycles. The van der Waals surface area contributed by atoms with Crippen LogP contribution in [0.3, 0.4) is 0 Å². The predicted octanol–water partition coefficient (Wildman–Crippen LogP) is 1.28. The van der Waals surface area contributed by atoms with Crippen LogP contribution in [0.2, 0.25) is 0 Å². The van der Waals surface area contributed by atoms with Crippen molar-refractivity contribution in [1.29, 1.82) is 0 Å². The lowest BCUT2D eigenvalue weighted by Gasteiger charge is -2.26. The van der Waals surface area contributed by atoms with E-state index in [2.05, 4.69) is 5.32 Å². The van der Waals surface area contributed by atoms with Crippen molar-refractivity contribution >= 4 is 5.91 Å². The third kappa shape index (κ3) is 3.46. The average Bonchev–Trinajstić information content (AvgIpc) is 2.26. The Morgan fingerprint density at radius 3 is 2.88 bits per heavy atom. The number of nitrogens with one attached hydrogen (secondary N) is 1. The van der Waals surface area contributed by atoms with Gasteiger partial charge in [0.1, 0.15) is 5.75 Å². The molecule has 1 aromatic carbocycles. The number of amides is 1. The normalized spacial score (nSPS) is 15.1. The minimum atomic E-state index is 0.0203. The highest BCUT2D eigenvalue weighted by Crippen LogP contribution is 2.16. The number of hydrogen-bond acceptors (Lipinski definition) is 3. The van der Waals surface area contributed by atoms with Gasteiger partial charge in [0.15, 0.2) is 0 Å². The predicted molar refractivity (Wildman–Crippen MR) is 64.0 cm³/mol. The highest BCUT2D eigenvalue weighted by molar-refractivity contribution is 5.76. The molecule has 1 fully saturated rings. The monoisotopic (exact) mass is 235 g/mol. The molecule has 2 rings (SSSR count). The van der Waals surface area contributed by atoms with Crippen LogP contribution in [0.15, 0.2) is 24.3 Å². The SMILES string of the molecule is Cc1ccccc1OCCC(=O)NC1COC1. The van der Waals surface area contributed by atoms with Crippen molar-refractivity contribution in [3.05, 3.63) is 29.8 Å². The second-order valence-corrected chi connectivity index (χ2v) is 4.17. The molecule has 1 aromatic rings. The molecule has 0 radical (unpaired) electrons. The van der Waals surface area contributed by atoms with Gasteiger partial charge in [0, 0.05) is 0 Å².